The minimum Gasteiger partial charge on any atom is -0.315 e. The summed E-state index contributed by atoms with van der Waals surface area (Å²) >= 11 is 0. The molecule has 1 aliphatic rings. The molecule has 0 spiro atoms. The van der Waals surface area contributed by atoms with Gasteiger partial charge in [-0.05, 0) is 36.5 Å². The molecule has 2 heteroatoms. The Morgan fingerprint density at radius 1 is 1.26 bits per heavy atom. The lowest BCUT2D eigenvalue weighted by atomic mass is 9.98. The van der Waals surface area contributed by atoms with Gasteiger partial charge in [0.15, 0.2) is 0 Å². The van der Waals surface area contributed by atoms with Crippen molar-refractivity contribution in [2.75, 3.05) is 11.9 Å². The molecular weight excluding hydrogens is 234 g/mol. The number of benzene rings is 1. The van der Waals surface area contributed by atoms with Crippen molar-refractivity contribution in [2.45, 2.75) is 32.6 Å². The first-order chi connectivity index (χ1) is 9.22. The number of carbonyl (C=O) groups is 1. The Bertz CT molecular complexity index is 514. The van der Waals surface area contributed by atoms with Gasteiger partial charge in [0, 0.05) is 19.2 Å². The monoisotopic (exact) mass is 255 g/mol. The van der Waals surface area contributed by atoms with E-state index in [1.165, 1.54) is 11.1 Å². The molecule has 100 valence electrons. The zero-order valence-corrected chi connectivity index (χ0v) is 11.7. The molecule has 1 aliphatic carbocycles. The van der Waals surface area contributed by atoms with E-state index in [4.69, 9.17) is 0 Å². The van der Waals surface area contributed by atoms with Crippen LogP contribution in [0.4, 0.5) is 5.69 Å². The predicted molar refractivity (Wildman–Crippen MR) is 80.3 cm³/mol. The van der Waals surface area contributed by atoms with Gasteiger partial charge >= 0.3 is 0 Å². The molecule has 0 saturated heterocycles. The maximum atomic E-state index is 11.9. The third-order valence-electron chi connectivity index (χ3n) is 3.50. The molecule has 19 heavy (non-hydrogen) atoms. The summed E-state index contributed by atoms with van der Waals surface area (Å²) in [7, 11) is 1.86. The second-order valence-electron chi connectivity index (χ2n) is 4.87. The number of hydrogen-bond donors (Lipinski definition) is 0. The smallest absolute Gasteiger partial charge is 0.226 e. The number of rotatable bonds is 4. The summed E-state index contributed by atoms with van der Waals surface area (Å²) < 4.78 is 0. The maximum Gasteiger partial charge on any atom is 0.226 e. The van der Waals surface area contributed by atoms with E-state index in [-0.39, 0.29) is 5.91 Å². The van der Waals surface area contributed by atoms with Crippen LogP contribution < -0.4 is 4.90 Å². The van der Waals surface area contributed by atoms with Crippen molar-refractivity contribution in [3.63, 3.8) is 0 Å². The molecule has 0 unspecified atom stereocenters. The number of allylic oxidation sites excluding steroid dienone is 4. The molecule has 0 atom stereocenters. The summed E-state index contributed by atoms with van der Waals surface area (Å²) in [4.78, 5) is 13.6. The van der Waals surface area contributed by atoms with E-state index in [2.05, 4.69) is 24.3 Å². The molecule has 0 saturated carbocycles. The zero-order valence-electron chi connectivity index (χ0n) is 11.7. The summed E-state index contributed by atoms with van der Waals surface area (Å²) in [5, 5.41) is 0. The van der Waals surface area contributed by atoms with Gasteiger partial charge in [0.1, 0.15) is 0 Å². The van der Waals surface area contributed by atoms with E-state index in [0.29, 0.717) is 6.42 Å². The van der Waals surface area contributed by atoms with Crippen molar-refractivity contribution >= 4 is 11.6 Å². The molecule has 1 aromatic rings. The second kappa shape index (κ2) is 6.37. The fourth-order valence-corrected chi connectivity index (χ4v) is 2.38. The molecule has 0 bridgehead atoms. The third kappa shape index (κ3) is 3.34. The minimum atomic E-state index is 0.153. The molecule has 0 aromatic heterocycles. The van der Waals surface area contributed by atoms with Crippen LogP contribution in [0.15, 0.2) is 48.1 Å². The van der Waals surface area contributed by atoms with Crippen molar-refractivity contribution in [2.24, 2.45) is 0 Å². The van der Waals surface area contributed by atoms with E-state index in [1.807, 2.05) is 32.2 Å². The molecule has 0 radical (unpaired) electrons. The van der Waals surface area contributed by atoms with Crippen molar-refractivity contribution in [3.05, 3.63) is 53.6 Å². The van der Waals surface area contributed by atoms with E-state index in [0.717, 1.165) is 24.9 Å². The van der Waals surface area contributed by atoms with Gasteiger partial charge in [0.2, 0.25) is 5.91 Å². The summed E-state index contributed by atoms with van der Waals surface area (Å²) in [6.45, 7) is 1.90. The van der Waals surface area contributed by atoms with Gasteiger partial charge in [0.05, 0.1) is 0 Å². The van der Waals surface area contributed by atoms with E-state index in [1.54, 1.807) is 4.90 Å². The van der Waals surface area contributed by atoms with Gasteiger partial charge < -0.3 is 4.90 Å². The Morgan fingerprint density at radius 2 is 2.05 bits per heavy atom. The van der Waals surface area contributed by atoms with Crippen LogP contribution in [0.25, 0.3) is 0 Å². The van der Waals surface area contributed by atoms with Gasteiger partial charge in [-0.25, -0.2) is 0 Å². The molecule has 1 amide bonds. The summed E-state index contributed by atoms with van der Waals surface area (Å²) in [5.41, 5.74) is 3.58. The van der Waals surface area contributed by atoms with Crippen LogP contribution in [0.3, 0.4) is 0 Å². The SMILES string of the molecule is CCC(=O)N(C)c1ccccc1CC1=CCCC=C1. The van der Waals surface area contributed by atoms with E-state index < -0.39 is 0 Å². The third-order valence-corrected chi connectivity index (χ3v) is 3.50. The summed E-state index contributed by atoms with van der Waals surface area (Å²) in [5.74, 6) is 0.153. The van der Waals surface area contributed by atoms with E-state index >= 15 is 0 Å². The van der Waals surface area contributed by atoms with Gasteiger partial charge in [0.25, 0.3) is 0 Å². The molecule has 1 aromatic carbocycles. The maximum absolute atomic E-state index is 11.9. The first-order valence-corrected chi connectivity index (χ1v) is 6.92. The van der Waals surface area contributed by atoms with Crippen molar-refractivity contribution in [1.82, 2.24) is 0 Å². The molecule has 0 heterocycles. The van der Waals surface area contributed by atoms with Gasteiger partial charge in [-0.1, -0.05) is 43.4 Å². The highest BCUT2D eigenvalue weighted by molar-refractivity contribution is 5.93. The van der Waals surface area contributed by atoms with Crippen LogP contribution in [-0.4, -0.2) is 13.0 Å². The average molecular weight is 255 g/mol. The van der Waals surface area contributed by atoms with Crippen LogP contribution in [-0.2, 0) is 11.2 Å². The number of carbonyl (C=O) groups excluding carboxylic acids is 1. The highest BCUT2D eigenvalue weighted by atomic mass is 16.2. The lowest BCUT2D eigenvalue weighted by Crippen LogP contribution is -2.26. The van der Waals surface area contributed by atoms with Crippen molar-refractivity contribution in [3.8, 4) is 0 Å². The normalized spacial score (nSPS) is 14.1. The zero-order chi connectivity index (χ0) is 13.7. The Balaban J connectivity index is 2.23. The molecule has 2 rings (SSSR count). The Hall–Kier alpha value is -1.83. The first-order valence-electron chi connectivity index (χ1n) is 6.92. The topological polar surface area (TPSA) is 20.3 Å². The van der Waals surface area contributed by atoms with Crippen LogP contribution in [0, 0.1) is 0 Å². The van der Waals surface area contributed by atoms with E-state index in [9.17, 15) is 4.79 Å². The summed E-state index contributed by atoms with van der Waals surface area (Å²) in [6.07, 6.45) is 10.4. The first kappa shape index (κ1) is 13.6. The molecule has 0 N–H and O–H groups in total. The number of para-hydroxylation sites is 1. The van der Waals surface area contributed by atoms with Crippen LogP contribution in [0.5, 0.6) is 0 Å². The predicted octanol–water partition coefficient (Wildman–Crippen LogP) is 3.88. The number of hydrogen-bond acceptors (Lipinski definition) is 1. The van der Waals surface area contributed by atoms with Crippen LogP contribution in [0.1, 0.15) is 31.7 Å². The lowest BCUT2D eigenvalue weighted by molar-refractivity contribution is -0.118. The Morgan fingerprint density at radius 3 is 2.74 bits per heavy atom. The average Bonchev–Trinajstić information content (AvgIpc) is 2.47. The standard InChI is InChI=1S/C17H21NO/c1-3-17(19)18(2)16-12-8-7-11-15(16)13-14-9-5-4-6-10-14/h5,7-12H,3-4,6,13H2,1-2H3. The van der Waals surface area contributed by atoms with Gasteiger partial charge in [-0.3, -0.25) is 4.79 Å². The van der Waals surface area contributed by atoms with Crippen LogP contribution in [0.2, 0.25) is 0 Å². The van der Waals surface area contributed by atoms with Gasteiger partial charge in [-0.2, -0.15) is 0 Å². The lowest BCUT2D eigenvalue weighted by Gasteiger charge is -2.20. The molecule has 0 fully saturated rings. The molecule has 2 nitrogen and oxygen atoms in total. The second-order valence-corrected chi connectivity index (χ2v) is 4.87. The number of amides is 1. The Kier molecular flexibility index (Phi) is 4.56. The highest BCUT2D eigenvalue weighted by Crippen LogP contribution is 2.24. The molecule has 0 aliphatic heterocycles. The fourth-order valence-electron chi connectivity index (χ4n) is 2.38. The van der Waals surface area contributed by atoms with Crippen molar-refractivity contribution < 1.29 is 4.79 Å². The minimum absolute atomic E-state index is 0.153. The Labute approximate surface area is 115 Å². The van der Waals surface area contributed by atoms with Crippen molar-refractivity contribution in [1.29, 1.82) is 0 Å². The number of anilines is 1. The van der Waals surface area contributed by atoms with Gasteiger partial charge in [-0.15, -0.1) is 0 Å². The summed E-state index contributed by atoms with van der Waals surface area (Å²) in [6, 6.07) is 8.16. The number of nitrogens with zero attached hydrogens (tertiary/aromatic N) is 1. The molecular formula is C17H21NO. The van der Waals surface area contributed by atoms with Crippen LogP contribution >= 0.6 is 0 Å². The quantitative estimate of drug-likeness (QED) is 0.799. The largest absolute Gasteiger partial charge is 0.315 e. The fraction of sp³-hybridized carbons (Fsp3) is 0.353. The highest BCUT2D eigenvalue weighted by Gasteiger charge is 2.13.